The first-order chi connectivity index (χ1) is 18.4. The number of nitrogens with zero attached hydrogens (tertiary/aromatic N) is 1. The summed E-state index contributed by atoms with van der Waals surface area (Å²) in [5, 5.41) is 7.07. The van der Waals surface area contributed by atoms with E-state index in [0.29, 0.717) is 5.54 Å². The van der Waals surface area contributed by atoms with Gasteiger partial charge in [-0.2, -0.15) is 0 Å². The highest BCUT2D eigenvalue weighted by atomic mass is 28.4. The van der Waals surface area contributed by atoms with E-state index >= 15 is 0 Å². The number of hydrogen-bond donors (Lipinski definition) is 1. The molecule has 11 heteroatoms. The van der Waals surface area contributed by atoms with Crippen LogP contribution in [0.15, 0.2) is 6.07 Å². The van der Waals surface area contributed by atoms with Crippen LogP contribution in [0.2, 0.25) is 51.4 Å². The minimum atomic E-state index is -2.33. The fourth-order valence-corrected chi connectivity index (χ4v) is 13.6. The molecule has 1 aromatic carbocycles. The van der Waals surface area contributed by atoms with Crippen molar-refractivity contribution in [2.75, 3.05) is 59.1 Å². The summed E-state index contributed by atoms with van der Waals surface area (Å²) in [6, 6.07) is 5.00. The fourth-order valence-electron chi connectivity index (χ4n) is 5.65. The predicted molar refractivity (Wildman–Crippen MR) is 186 cm³/mol. The second-order valence-corrected chi connectivity index (χ2v) is 26.8. The Morgan fingerprint density at radius 1 is 0.949 bits per heavy atom. The first-order valence-corrected chi connectivity index (χ1v) is 27.9. The molecule has 1 N–H and O–H groups in total. The van der Waals surface area contributed by atoms with Crippen molar-refractivity contribution >= 4 is 60.3 Å². The highest BCUT2D eigenvalue weighted by molar-refractivity contribution is 6.75. The molecule has 0 aliphatic carbocycles. The average molecular weight is 631 g/mol. The van der Waals surface area contributed by atoms with Crippen molar-refractivity contribution in [3.63, 3.8) is 0 Å². The molecule has 0 bridgehead atoms. The first kappa shape index (κ1) is 36.9. The summed E-state index contributed by atoms with van der Waals surface area (Å²) in [5.41, 5.74) is 5.12. The maximum atomic E-state index is 6.10. The highest BCUT2D eigenvalue weighted by Crippen LogP contribution is 2.31. The van der Waals surface area contributed by atoms with Crippen LogP contribution < -0.4 is 20.6 Å². The van der Waals surface area contributed by atoms with E-state index in [9.17, 15) is 0 Å². The second-order valence-electron chi connectivity index (χ2n) is 11.8. The van der Waals surface area contributed by atoms with Gasteiger partial charge in [-0.15, -0.1) is 0 Å². The zero-order valence-corrected chi connectivity index (χ0v) is 33.5. The van der Waals surface area contributed by atoms with Gasteiger partial charge in [-0.05, 0) is 74.9 Å². The van der Waals surface area contributed by atoms with E-state index in [0.717, 1.165) is 32.1 Å². The Morgan fingerprint density at radius 3 is 2.00 bits per heavy atom. The van der Waals surface area contributed by atoms with E-state index in [4.69, 9.17) is 17.7 Å². The van der Waals surface area contributed by atoms with E-state index in [1.807, 2.05) is 14.2 Å². The number of rotatable bonds is 20. The highest BCUT2D eigenvalue weighted by Gasteiger charge is 2.40. The van der Waals surface area contributed by atoms with E-state index in [1.54, 1.807) is 41.4 Å². The summed E-state index contributed by atoms with van der Waals surface area (Å²) >= 11 is 0. The van der Waals surface area contributed by atoms with Crippen LogP contribution >= 0.6 is 0 Å². The summed E-state index contributed by atoms with van der Waals surface area (Å²) in [6.45, 7) is 24.6. The second kappa shape index (κ2) is 17.8. The molecular weight excluding hydrogens is 569 g/mol. The SMILES string of the molecule is CCN(CC)c1c([SiH](C)C)cc(C(C)[Si](C)(OC)OC)c([SiH](C)C)c1CC[SiH2]CNCCC[Si](C)(OC)OC. The minimum absolute atomic E-state index is 0.193. The van der Waals surface area contributed by atoms with Crippen molar-refractivity contribution < 1.29 is 17.7 Å². The molecular formula is C28H62N2O4Si5. The molecule has 1 unspecified atom stereocenters. The van der Waals surface area contributed by atoms with E-state index < -0.39 is 34.7 Å². The molecule has 0 radical (unpaired) electrons. The molecule has 0 spiro atoms. The zero-order chi connectivity index (χ0) is 29.8. The van der Waals surface area contributed by atoms with E-state index in [-0.39, 0.29) is 9.52 Å². The van der Waals surface area contributed by atoms with Gasteiger partial charge in [-0.3, -0.25) is 0 Å². The third-order valence-electron chi connectivity index (χ3n) is 8.73. The summed E-state index contributed by atoms with van der Waals surface area (Å²) in [6.07, 6.45) is 3.54. The van der Waals surface area contributed by atoms with Gasteiger partial charge in [0.1, 0.15) is 0 Å². The van der Waals surface area contributed by atoms with Gasteiger partial charge in [-0.1, -0.05) is 50.4 Å². The molecule has 0 aliphatic rings. The van der Waals surface area contributed by atoms with Crippen molar-refractivity contribution in [1.29, 1.82) is 0 Å². The Balaban J connectivity index is 3.31. The Bertz CT molecular complexity index is 848. The summed E-state index contributed by atoms with van der Waals surface area (Å²) in [4.78, 5) is 2.65. The molecule has 1 rings (SSSR count). The Kier molecular flexibility index (Phi) is 16.8. The van der Waals surface area contributed by atoms with Crippen molar-refractivity contribution in [3.05, 3.63) is 17.2 Å². The molecule has 0 amide bonds. The van der Waals surface area contributed by atoms with Gasteiger partial charge in [0.25, 0.3) is 0 Å². The molecule has 39 heavy (non-hydrogen) atoms. The minimum Gasteiger partial charge on any atom is -0.398 e. The van der Waals surface area contributed by atoms with Crippen molar-refractivity contribution in [2.24, 2.45) is 0 Å². The van der Waals surface area contributed by atoms with Crippen LogP contribution in [0.3, 0.4) is 0 Å². The molecule has 228 valence electrons. The van der Waals surface area contributed by atoms with E-state index in [1.165, 1.54) is 18.6 Å². The van der Waals surface area contributed by atoms with Gasteiger partial charge in [0.2, 0.25) is 0 Å². The fraction of sp³-hybridized carbons (Fsp3) is 0.786. The third kappa shape index (κ3) is 10.00. The monoisotopic (exact) mass is 630 g/mol. The first-order valence-electron chi connectivity index (χ1n) is 15.3. The topological polar surface area (TPSA) is 52.2 Å². The van der Waals surface area contributed by atoms with Gasteiger partial charge in [0.05, 0.1) is 17.6 Å². The molecule has 1 aromatic rings. The van der Waals surface area contributed by atoms with Crippen LogP contribution in [0, 0.1) is 0 Å². The quantitative estimate of drug-likeness (QED) is 0.176. The van der Waals surface area contributed by atoms with Crippen LogP contribution in [-0.4, -0.2) is 98.5 Å². The largest absolute Gasteiger partial charge is 0.398 e. The molecule has 0 saturated heterocycles. The normalized spacial score (nSPS) is 13.8. The number of anilines is 1. The maximum Gasteiger partial charge on any atom is 0.341 e. The summed E-state index contributed by atoms with van der Waals surface area (Å²) < 4.78 is 23.5. The van der Waals surface area contributed by atoms with Gasteiger partial charge in [0, 0.05) is 62.3 Å². The van der Waals surface area contributed by atoms with Crippen molar-refractivity contribution in [3.8, 4) is 0 Å². The number of benzene rings is 1. The van der Waals surface area contributed by atoms with Gasteiger partial charge in [0.15, 0.2) is 0 Å². The third-order valence-corrected chi connectivity index (χ3v) is 20.3. The van der Waals surface area contributed by atoms with Crippen molar-refractivity contribution in [2.45, 2.75) is 90.5 Å². The van der Waals surface area contributed by atoms with Crippen LogP contribution in [-0.2, 0) is 24.1 Å². The summed E-state index contributed by atoms with van der Waals surface area (Å²) in [5.74, 6) is 0. The van der Waals surface area contributed by atoms with Gasteiger partial charge in [-0.25, -0.2) is 0 Å². The molecule has 0 saturated carbocycles. The Hall–Kier alpha value is -0.0956. The van der Waals surface area contributed by atoms with E-state index in [2.05, 4.69) is 76.3 Å². The van der Waals surface area contributed by atoms with Crippen LogP contribution in [0.5, 0.6) is 0 Å². The maximum absolute atomic E-state index is 6.10. The Labute approximate surface area is 249 Å². The van der Waals surface area contributed by atoms with Crippen LogP contribution in [0.25, 0.3) is 0 Å². The predicted octanol–water partition coefficient (Wildman–Crippen LogP) is 3.36. The van der Waals surface area contributed by atoms with Gasteiger partial charge >= 0.3 is 17.1 Å². The number of nitrogens with one attached hydrogen (secondary N) is 1. The molecule has 6 nitrogen and oxygen atoms in total. The lowest BCUT2D eigenvalue weighted by atomic mass is 10.0. The van der Waals surface area contributed by atoms with Crippen molar-refractivity contribution in [1.82, 2.24) is 5.32 Å². The van der Waals surface area contributed by atoms with Crippen LogP contribution in [0.1, 0.15) is 43.9 Å². The molecule has 0 fully saturated rings. The molecule has 0 heterocycles. The zero-order valence-electron chi connectivity index (χ0n) is 27.8. The average Bonchev–Trinajstić information content (AvgIpc) is 2.93. The number of hydrogen-bond acceptors (Lipinski definition) is 6. The summed E-state index contributed by atoms with van der Waals surface area (Å²) in [7, 11) is 0.598. The molecule has 0 aliphatic heterocycles. The lowest BCUT2D eigenvalue weighted by Crippen LogP contribution is -2.48. The lowest BCUT2D eigenvalue weighted by molar-refractivity contribution is 0.240. The molecule has 1 atom stereocenters. The van der Waals surface area contributed by atoms with Gasteiger partial charge < -0.3 is 27.9 Å². The molecule has 0 aromatic heterocycles. The van der Waals surface area contributed by atoms with Crippen LogP contribution in [0.4, 0.5) is 5.69 Å². The Morgan fingerprint density at radius 2 is 1.54 bits per heavy atom. The lowest BCUT2D eigenvalue weighted by Gasteiger charge is -2.36. The standard InChI is InChI=1S/C28H62N2O4Si5/c1-14-30(15-2)27-24(17-19-35-22-29-18-16-20-38(12,31-4)32-5)28(37(10)11)25(21-26(27)36(8)9)23(3)39(13,33-6)34-7/h21,23,29,36-37H,14-20,22,35H2,1-13H3. The smallest absolute Gasteiger partial charge is 0.341 e.